The van der Waals surface area contributed by atoms with Gasteiger partial charge in [-0.3, -0.25) is 9.80 Å². The number of hydrogen-bond donors (Lipinski definition) is 0. The lowest BCUT2D eigenvalue weighted by Gasteiger charge is -2.56. The molecule has 150 valence electrons. The molecule has 2 bridgehead atoms. The molecular formula is C23H43N3. The predicted octanol–water partition coefficient (Wildman–Crippen LogP) is 4.22. The molecule has 2 atom stereocenters. The molecule has 0 spiro atoms. The van der Waals surface area contributed by atoms with Crippen LogP contribution in [0.3, 0.4) is 0 Å². The standard InChI is InChI=1S/C23H43N3/c1-22(2,3)17-9-11-24(12-10-17)20-13-18-7-8-19(14-20)26(18)21-15-25(16-21)23(4,5)6/h17-21H,7-16H2,1-6H3. The van der Waals surface area contributed by atoms with E-state index in [9.17, 15) is 0 Å². The van der Waals surface area contributed by atoms with Crippen LogP contribution in [-0.2, 0) is 0 Å². The third kappa shape index (κ3) is 3.61. The van der Waals surface area contributed by atoms with E-state index in [2.05, 4.69) is 56.2 Å². The van der Waals surface area contributed by atoms with E-state index in [1.54, 1.807) is 0 Å². The van der Waals surface area contributed by atoms with Gasteiger partial charge in [-0.05, 0) is 83.7 Å². The zero-order valence-electron chi connectivity index (χ0n) is 18.3. The molecule has 4 aliphatic heterocycles. The molecule has 4 saturated heterocycles. The first-order valence-electron chi connectivity index (χ1n) is 11.4. The Morgan fingerprint density at radius 3 is 1.65 bits per heavy atom. The molecule has 0 aromatic carbocycles. The van der Waals surface area contributed by atoms with Crippen molar-refractivity contribution in [2.24, 2.45) is 11.3 Å². The SMILES string of the molecule is CC(C)(C)C1CCN(C2CC3CCC(C2)N3C2CN(C(C)(C)C)C2)CC1. The first-order valence-corrected chi connectivity index (χ1v) is 11.4. The highest BCUT2D eigenvalue weighted by Crippen LogP contribution is 2.43. The van der Waals surface area contributed by atoms with E-state index in [0.29, 0.717) is 11.0 Å². The molecule has 0 amide bonds. The quantitative estimate of drug-likeness (QED) is 0.729. The molecule has 0 saturated carbocycles. The highest BCUT2D eigenvalue weighted by atomic mass is 15.4. The number of likely N-dealkylation sites (tertiary alicyclic amines) is 2. The average molecular weight is 362 g/mol. The molecule has 0 aliphatic carbocycles. The van der Waals surface area contributed by atoms with Crippen molar-refractivity contribution < 1.29 is 0 Å². The zero-order chi connectivity index (χ0) is 18.7. The lowest BCUT2D eigenvalue weighted by molar-refractivity contribution is -0.0670. The summed E-state index contributed by atoms with van der Waals surface area (Å²) in [6, 6.07) is 3.49. The second-order valence-electron chi connectivity index (χ2n) is 11.9. The number of nitrogens with zero attached hydrogens (tertiary/aromatic N) is 3. The van der Waals surface area contributed by atoms with E-state index in [-0.39, 0.29) is 0 Å². The van der Waals surface area contributed by atoms with Crippen molar-refractivity contribution in [1.82, 2.24) is 14.7 Å². The molecule has 0 aromatic heterocycles. The van der Waals surface area contributed by atoms with Gasteiger partial charge in [-0.15, -0.1) is 0 Å². The van der Waals surface area contributed by atoms with E-state index in [4.69, 9.17) is 0 Å². The second kappa shape index (κ2) is 6.74. The molecule has 0 aromatic rings. The highest BCUT2D eigenvalue weighted by molar-refractivity contribution is 5.05. The van der Waals surface area contributed by atoms with Crippen LogP contribution in [0.5, 0.6) is 0 Å². The molecule has 4 fully saturated rings. The van der Waals surface area contributed by atoms with Gasteiger partial charge in [0.25, 0.3) is 0 Å². The molecule has 2 unspecified atom stereocenters. The highest BCUT2D eigenvalue weighted by Gasteiger charge is 2.49. The van der Waals surface area contributed by atoms with Gasteiger partial charge < -0.3 is 4.90 Å². The molecule has 4 heterocycles. The van der Waals surface area contributed by atoms with Crippen LogP contribution >= 0.6 is 0 Å². The molecule has 3 heteroatoms. The van der Waals surface area contributed by atoms with Crippen LogP contribution < -0.4 is 0 Å². The summed E-state index contributed by atoms with van der Waals surface area (Å²) in [7, 11) is 0. The van der Waals surface area contributed by atoms with Crippen LogP contribution in [-0.4, -0.2) is 70.6 Å². The molecule has 0 radical (unpaired) electrons. The maximum atomic E-state index is 2.97. The van der Waals surface area contributed by atoms with Crippen molar-refractivity contribution in [2.75, 3.05) is 26.2 Å². The van der Waals surface area contributed by atoms with Gasteiger partial charge in [-0.2, -0.15) is 0 Å². The Hall–Kier alpha value is -0.120. The Kier molecular flexibility index (Phi) is 4.98. The summed E-state index contributed by atoms with van der Waals surface area (Å²) in [5.74, 6) is 0.925. The molecular weight excluding hydrogens is 318 g/mol. The van der Waals surface area contributed by atoms with Gasteiger partial charge in [0.05, 0.1) is 0 Å². The van der Waals surface area contributed by atoms with Gasteiger partial charge >= 0.3 is 0 Å². The van der Waals surface area contributed by atoms with Crippen molar-refractivity contribution >= 4 is 0 Å². The Bertz CT molecular complexity index is 475. The van der Waals surface area contributed by atoms with Crippen LogP contribution in [0.25, 0.3) is 0 Å². The van der Waals surface area contributed by atoms with Crippen molar-refractivity contribution in [3.8, 4) is 0 Å². The van der Waals surface area contributed by atoms with E-state index >= 15 is 0 Å². The van der Waals surface area contributed by atoms with Crippen LogP contribution in [0.2, 0.25) is 0 Å². The van der Waals surface area contributed by atoms with Gasteiger partial charge in [0.15, 0.2) is 0 Å². The number of rotatable bonds is 2. The Morgan fingerprint density at radius 2 is 1.19 bits per heavy atom. The third-order valence-electron chi connectivity index (χ3n) is 8.27. The first kappa shape index (κ1) is 19.2. The van der Waals surface area contributed by atoms with Crippen LogP contribution in [0.4, 0.5) is 0 Å². The minimum atomic E-state index is 0.352. The van der Waals surface area contributed by atoms with Gasteiger partial charge in [0.1, 0.15) is 0 Å². The molecule has 3 nitrogen and oxygen atoms in total. The predicted molar refractivity (Wildman–Crippen MR) is 111 cm³/mol. The molecule has 26 heavy (non-hydrogen) atoms. The third-order valence-corrected chi connectivity index (χ3v) is 8.27. The van der Waals surface area contributed by atoms with Gasteiger partial charge in [0.2, 0.25) is 0 Å². The zero-order valence-corrected chi connectivity index (χ0v) is 18.3. The monoisotopic (exact) mass is 361 g/mol. The summed E-state index contributed by atoms with van der Waals surface area (Å²) < 4.78 is 0. The Balaban J connectivity index is 1.31. The topological polar surface area (TPSA) is 9.72 Å². The summed E-state index contributed by atoms with van der Waals surface area (Å²) in [5, 5.41) is 0. The fourth-order valence-corrected chi connectivity index (χ4v) is 6.40. The fourth-order valence-electron chi connectivity index (χ4n) is 6.40. The summed E-state index contributed by atoms with van der Waals surface area (Å²) in [6.07, 6.45) is 8.66. The average Bonchev–Trinajstić information content (AvgIpc) is 2.75. The van der Waals surface area contributed by atoms with Crippen molar-refractivity contribution in [3.63, 3.8) is 0 Å². The minimum absolute atomic E-state index is 0.352. The van der Waals surface area contributed by atoms with E-state index in [1.807, 2.05) is 0 Å². The van der Waals surface area contributed by atoms with Crippen molar-refractivity contribution in [3.05, 3.63) is 0 Å². The minimum Gasteiger partial charge on any atom is -0.300 e. The maximum Gasteiger partial charge on any atom is 0.0356 e. The van der Waals surface area contributed by atoms with Crippen LogP contribution in [0, 0.1) is 11.3 Å². The number of hydrogen-bond acceptors (Lipinski definition) is 3. The van der Waals surface area contributed by atoms with Crippen molar-refractivity contribution in [1.29, 1.82) is 0 Å². The molecule has 4 rings (SSSR count). The maximum absolute atomic E-state index is 2.97. The van der Waals surface area contributed by atoms with E-state index < -0.39 is 0 Å². The lowest BCUT2D eigenvalue weighted by Crippen LogP contribution is -2.68. The lowest BCUT2D eigenvalue weighted by atomic mass is 9.75. The van der Waals surface area contributed by atoms with Gasteiger partial charge in [0, 0.05) is 42.8 Å². The summed E-state index contributed by atoms with van der Waals surface area (Å²) in [4.78, 5) is 8.52. The normalized spacial score (nSPS) is 36.5. The van der Waals surface area contributed by atoms with Gasteiger partial charge in [-0.1, -0.05) is 20.8 Å². The molecule has 4 aliphatic rings. The number of piperidine rings is 2. The summed E-state index contributed by atoms with van der Waals surface area (Å²) >= 11 is 0. The first-order chi connectivity index (χ1) is 12.1. The number of fused-ring (bicyclic) bond motifs is 2. The largest absolute Gasteiger partial charge is 0.300 e. The van der Waals surface area contributed by atoms with E-state index in [0.717, 1.165) is 30.1 Å². The Morgan fingerprint density at radius 1 is 0.654 bits per heavy atom. The fraction of sp³-hybridized carbons (Fsp3) is 1.00. The van der Waals surface area contributed by atoms with Crippen LogP contribution in [0.1, 0.15) is 80.1 Å². The smallest absolute Gasteiger partial charge is 0.0356 e. The van der Waals surface area contributed by atoms with Crippen molar-refractivity contribution in [2.45, 2.75) is 110 Å². The van der Waals surface area contributed by atoms with Gasteiger partial charge in [-0.25, -0.2) is 0 Å². The van der Waals surface area contributed by atoms with Crippen LogP contribution in [0.15, 0.2) is 0 Å². The summed E-state index contributed by atoms with van der Waals surface area (Å²) in [5.41, 5.74) is 0.850. The summed E-state index contributed by atoms with van der Waals surface area (Å²) in [6.45, 7) is 19.7. The molecule has 0 N–H and O–H groups in total. The van der Waals surface area contributed by atoms with E-state index in [1.165, 1.54) is 64.7 Å². The Labute approximate surface area is 162 Å². The second-order valence-corrected chi connectivity index (χ2v) is 11.9.